The number of pyridine rings is 1. The Bertz CT molecular complexity index is 1230. The first-order chi connectivity index (χ1) is 14.1. The SMILES string of the molecule is CCn1cc(NC(=O)c2nn(-c3cccc(C(F)(F)F)c3)c(C)cc2=O)ccc1=O. The maximum absolute atomic E-state index is 13.0. The highest BCUT2D eigenvalue weighted by Gasteiger charge is 2.30. The number of hydrogen-bond acceptors (Lipinski definition) is 4. The molecule has 7 nitrogen and oxygen atoms in total. The van der Waals surface area contributed by atoms with Crippen LogP contribution in [0.1, 0.15) is 28.7 Å². The number of carbonyl (C=O) groups is 1. The lowest BCUT2D eigenvalue weighted by Gasteiger charge is -2.14. The van der Waals surface area contributed by atoms with Crippen molar-refractivity contribution in [2.45, 2.75) is 26.6 Å². The van der Waals surface area contributed by atoms with Crippen molar-refractivity contribution in [1.82, 2.24) is 14.3 Å². The summed E-state index contributed by atoms with van der Waals surface area (Å²) in [5, 5.41) is 6.46. The van der Waals surface area contributed by atoms with Crippen molar-refractivity contribution in [3.63, 3.8) is 0 Å². The monoisotopic (exact) mass is 418 g/mol. The summed E-state index contributed by atoms with van der Waals surface area (Å²) in [5.41, 5.74) is -1.73. The molecule has 0 aliphatic heterocycles. The van der Waals surface area contributed by atoms with Gasteiger partial charge in [0.05, 0.1) is 16.9 Å². The Labute approximate surface area is 168 Å². The third-order valence-corrected chi connectivity index (χ3v) is 4.32. The number of aromatic nitrogens is 3. The van der Waals surface area contributed by atoms with Crippen molar-refractivity contribution in [2.75, 3.05) is 5.32 Å². The molecule has 2 aromatic heterocycles. The molecule has 2 heterocycles. The minimum absolute atomic E-state index is 0.0518. The second kappa shape index (κ2) is 7.97. The van der Waals surface area contributed by atoms with E-state index in [4.69, 9.17) is 0 Å². The number of rotatable bonds is 4. The Morgan fingerprint density at radius 2 is 1.87 bits per heavy atom. The molecular formula is C20H17F3N4O3. The first kappa shape index (κ1) is 21.0. The topological polar surface area (TPSA) is 86.0 Å². The quantitative estimate of drug-likeness (QED) is 0.706. The highest BCUT2D eigenvalue weighted by molar-refractivity contribution is 6.02. The molecule has 3 aromatic rings. The van der Waals surface area contributed by atoms with Crippen LogP contribution < -0.4 is 16.3 Å². The molecular weight excluding hydrogens is 401 g/mol. The number of nitrogens with zero attached hydrogens (tertiary/aromatic N) is 3. The van der Waals surface area contributed by atoms with Gasteiger partial charge in [-0.05, 0) is 38.1 Å². The first-order valence-corrected chi connectivity index (χ1v) is 8.90. The Kier molecular flexibility index (Phi) is 5.59. The van der Waals surface area contributed by atoms with Crippen LogP contribution in [0.3, 0.4) is 0 Å². The van der Waals surface area contributed by atoms with Crippen LogP contribution in [0.4, 0.5) is 18.9 Å². The molecule has 1 amide bonds. The average Bonchev–Trinajstić information content (AvgIpc) is 2.69. The summed E-state index contributed by atoms with van der Waals surface area (Å²) in [7, 11) is 0. The molecule has 0 bridgehead atoms. The van der Waals surface area contributed by atoms with Gasteiger partial charge in [-0.3, -0.25) is 14.4 Å². The minimum atomic E-state index is -4.55. The maximum atomic E-state index is 13.0. The molecule has 0 aliphatic rings. The Balaban J connectivity index is 2.00. The zero-order valence-corrected chi connectivity index (χ0v) is 16.0. The van der Waals surface area contributed by atoms with E-state index in [2.05, 4.69) is 10.4 Å². The summed E-state index contributed by atoms with van der Waals surface area (Å²) in [6.45, 7) is 3.63. The molecule has 10 heteroatoms. The second-order valence-electron chi connectivity index (χ2n) is 6.45. The predicted octanol–water partition coefficient (Wildman–Crippen LogP) is 2.99. The summed E-state index contributed by atoms with van der Waals surface area (Å²) < 4.78 is 41.5. The van der Waals surface area contributed by atoms with Gasteiger partial charge in [0.25, 0.3) is 11.5 Å². The molecule has 0 fully saturated rings. The molecule has 0 saturated carbocycles. The fraction of sp³-hybridized carbons (Fsp3) is 0.200. The smallest absolute Gasteiger partial charge is 0.319 e. The fourth-order valence-electron chi connectivity index (χ4n) is 2.82. The van der Waals surface area contributed by atoms with Gasteiger partial charge in [-0.1, -0.05) is 6.07 Å². The fourth-order valence-corrected chi connectivity index (χ4v) is 2.82. The van der Waals surface area contributed by atoms with Gasteiger partial charge in [-0.2, -0.15) is 18.3 Å². The lowest BCUT2D eigenvalue weighted by molar-refractivity contribution is -0.137. The van der Waals surface area contributed by atoms with E-state index in [-0.39, 0.29) is 22.6 Å². The third kappa shape index (κ3) is 4.32. The van der Waals surface area contributed by atoms with Gasteiger partial charge < -0.3 is 9.88 Å². The molecule has 0 saturated heterocycles. The van der Waals surface area contributed by atoms with E-state index in [1.807, 2.05) is 0 Å². The van der Waals surface area contributed by atoms with E-state index < -0.39 is 28.8 Å². The van der Waals surface area contributed by atoms with Crippen LogP contribution in [-0.2, 0) is 12.7 Å². The van der Waals surface area contributed by atoms with Gasteiger partial charge in [0.15, 0.2) is 5.69 Å². The Hall–Kier alpha value is -3.69. The Morgan fingerprint density at radius 1 is 1.13 bits per heavy atom. The minimum Gasteiger partial charge on any atom is -0.319 e. The Morgan fingerprint density at radius 3 is 2.53 bits per heavy atom. The van der Waals surface area contributed by atoms with E-state index >= 15 is 0 Å². The lowest BCUT2D eigenvalue weighted by atomic mass is 10.2. The molecule has 1 N–H and O–H groups in total. The number of anilines is 1. The van der Waals surface area contributed by atoms with Crippen molar-refractivity contribution < 1.29 is 18.0 Å². The van der Waals surface area contributed by atoms with Crippen LogP contribution in [0.2, 0.25) is 0 Å². The molecule has 0 radical (unpaired) electrons. The highest BCUT2D eigenvalue weighted by Crippen LogP contribution is 2.30. The van der Waals surface area contributed by atoms with E-state index in [9.17, 15) is 27.6 Å². The van der Waals surface area contributed by atoms with E-state index in [0.717, 1.165) is 22.9 Å². The van der Waals surface area contributed by atoms with Gasteiger partial charge >= 0.3 is 6.18 Å². The molecule has 0 aliphatic carbocycles. The number of alkyl halides is 3. The number of amides is 1. The van der Waals surface area contributed by atoms with Gasteiger partial charge in [0, 0.05) is 30.6 Å². The van der Waals surface area contributed by atoms with Crippen molar-refractivity contribution in [1.29, 1.82) is 0 Å². The summed E-state index contributed by atoms with van der Waals surface area (Å²) in [6, 6.07) is 8.16. The van der Waals surface area contributed by atoms with Crippen LogP contribution in [0.25, 0.3) is 5.69 Å². The van der Waals surface area contributed by atoms with Gasteiger partial charge in [0.1, 0.15) is 0 Å². The molecule has 30 heavy (non-hydrogen) atoms. The van der Waals surface area contributed by atoms with Crippen LogP contribution >= 0.6 is 0 Å². The molecule has 0 atom stereocenters. The van der Waals surface area contributed by atoms with E-state index in [1.165, 1.54) is 42.0 Å². The van der Waals surface area contributed by atoms with E-state index in [0.29, 0.717) is 6.54 Å². The second-order valence-corrected chi connectivity index (χ2v) is 6.45. The first-order valence-electron chi connectivity index (χ1n) is 8.90. The maximum Gasteiger partial charge on any atom is 0.416 e. The molecule has 0 spiro atoms. The zero-order valence-electron chi connectivity index (χ0n) is 16.0. The van der Waals surface area contributed by atoms with Crippen LogP contribution in [0.15, 0.2) is 58.3 Å². The lowest BCUT2D eigenvalue weighted by Crippen LogP contribution is -2.27. The normalized spacial score (nSPS) is 11.4. The average molecular weight is 418 g/mol. The zero-order chi connectivity index (χ0) is 22.1. The predicted molar refractivity (Wildman–Crippen MR) is 104 cm³/mol. The summed E-state index contributed by atoms with van der Waals surface area (Å²) >= 11 is 0. The summed E-state index contributed by atoms with van der Waals surface area (Å²) in [4.78, 5) is 36.5. The highest BCUT2D eigenvalue weighted by atomic mass is 19.4. The number of nitrogens with one attached hydrogen (secondary N) is 1. The van der Waals surface area contributed by atoms with E-state index in [1.54, 1.807) is 6.92 Å². The van der Waals surface area contributed by atoms with Crippen LogP contribution in [-0.4, -0.2) is 20.3 Å². The summed E-state index contributed by atoms with van der Waals surface area (Å²) in [6.07, 6.45) is -3.13. The third-order valence-electron chi connectivity index (χ3n) is 4.32. The van der Waals surface area contributed by atoms with Crippen molar-refractivity contribution in [3.05, 3.63) is 86.2 Å². The number of carbonyl (C=O) groups excluding carboxylic acids is 1. The number of aryl methyl sites for hydroxylation is 2. The summed E-state index contributed by atoms with van der Waals surface area (Å²) in [5.74, 6) is -0.845. The standard InChI is InChI=1S/C20H17F3N4O3/c1-3-26-11-14(7-8-17(26)29)24-19(30)18-16(28)9-12(2)27(25-18)15-6-4-5-13(10-15)20(21,22)23/h4-11H,3H2,1-2H3,(H,24,30). The molecule has 0 unspecified atom stereocenters. The van der Waals surface area contributed by atoms with Crippen LogP contribution in [0.5, 0.6) is 0 Å². The van der Waals surface area contributed by atoms with Crippen molar-refractivity contribution in [2.24, 2.45) is 0 Å². The number of hydrogen-bond donors (Lipinski definition) is 1. The van der Waals surface area contributed by atoms with Gasteiger partial charge in [0.2, 0.25) is 5.43 Å². The molecule has 156 valence electrons. The molecule has 3 rings (SSSR count). The number of benzene rings is 1. The largest absolute Gasteiger partial charge is 0.416 e. The van der Waals surface area contributed by atoms with Gasteiger partial charge in [-0.15, -0.1) is 0 Å². The van der Waals surface area contributed by atoms with Crippen molar-refractivity contribution in [3.8, 4) is 5.69 Å². The van der Waals surface area contributed by atoms with Gasteiger partial charge in [-0.25, -0.2) is 4.68 Å². The van der Waals surface area contributed by atoms with Crippen molar-refractivity contribution >= 4 is 11.6 Å². The number of halogens is 3. The molecule has 1 aromatic carbocycles. The van der Waals surface area contributed by atoms with Crippen LogP contribution in [0, 0.1) is 6.92 Å².